The molecule has 0 atom stereocenters. The van der Waals surface area contributed by atoms with Gasteiger partial charge in [-0.25, -0.2) is 0 Å². The smallest absolute Gasteiger partial charge is 0.203 e. The van der Waals surface area contributed by atoms with Crippen LogP contribution < -0.4 is 14.2 Å². The van der Waals surface area contributed by atoms with Gasteiger partial charge in [0.2, 0.25) is 5.75 Å². The van der Waals surface area contributed by atoms with Gasteiger partial charge < -0.3 is 19.3 Å². The van der Waals surface area contributed by atoms with Gasteiger partial charge in [-0.15, -0.1) is 0 Å². The number of hydrogen-bond donors (Lipinski definition) is 1. The van der Waals surface area contributed by atoms with Crippen LogP contribution in [0.3, 0.4) is 0 Å². The third-order valence-electron chi connectivity index (χ3n) is 3.67. The number of ether oxygens (including phenoxy) is 3. The molecule has 0 radical (unpaired) electrons. The summed E-state index contributed by atoms with van der Waals surface area (Å²) in [5.74, 6) is 1.87. The molecule has 0 aliphatic heterocycles. The van der Waals surface area contributed by atoms with Gasteiger partial charge in [0.05, 0.1) is 21.3 Å². The van der Waals surface area contributed by atoms with Crippen LogP contribution in [0, 0.1) is 0 Å². The van der Waals surface area contributed by atoms with Crippen LogP contribution >= 0.6 is 0 Å². The molecule has 4 nitrogen and oxygen atoms in total. The molecule has 2 aromatic rings. The summed E-state index contributed by atoms with van der Waals surface area (Å²) in [5, 5.41) is 10.0. The van der Waals surface area contributed by atoms with E-state index in [0.29, 0.717) is 11.5 Å². The van der Waals surface area contributed by atoms with Crippen molar-refractivity contribution in [2.75, 3.05) is 21.3 Å². The number of benzene rings is 2. The van der Waals surface area contributed by atoms with Gasteiger partial charge in [-0.05, 0) is 41.3 Å². The molecule has 0 saturated heterocycles. The first-order valence-electron chi connectivity index (χ1n) is 6.33. The number of fused-ring (bicyclic) bond motifs is 3. The topological polar surface area (TPSA) is 47.9 Å². The van der Waals surface area contributed by atoms with Gasteiger partial charge in [-0.3, -0.25) is 0 Å². The number of phenols is 1. The van der Waals surface area contributed by atoms with Crippen molar-refractivity contribution < 1.29 is 45.5 Å². The Morgan fingerprint density at radius 2 is 1.62 bits per heavy atom. The molecule has 21 heavy (non-hydrogen) atoms. The number of aromatic hydroxyl groups is 1. The van der Waals surface area contributed by atoms with Crippen molar-refractivity contribution in [3.63, 3.8) is 0 Å². The molecule has 0 amide bonds. The minimum atomic E-state index is 0. The second kappa shape index (κ2) is 6.10. The second-order valence-corrected chi connectivity index (χ2v) is 4.70. The standard InChI is InChI=1S/C16H16O4.Zr/c1-18-11-4-5-12-9(7-11)6-10-8-13(17)15(19-2)16(20-3)14(10)12;/h4-5,7-8,17H,6H2,1-3H3;. The molecule has 1 aliphatic carbocycles. The van der Waals surface area contributed by atoms with E-state index in [0.717, 1.165) is 34.4 Å². The number of phenolic OH excluding ortho intramolecular Hbond substituents is 1. The van der Waals surface area contributed by atoms with Crippen LogP contribution in [0.25, 0.3) is 11.1 Å². The molecule has 1 N–H and O–H groups in total. The van der Waals surface area contributed by atoms with E-state index >= 15 is 0 Å². The summed E-state index contributed by atoms with van der Waals surface area (Å²) in [6.07, 6.45) is 0.746. The molecule has 1 aliphatic rings. The monoisotopic (exact) mass is 362 g/mol. The minimum absolute atomic E-state index is 0. The normalized spacial score (nSPS) is 11.2. The molecule has 0 saturated carbocycles. The van der Waals surface area contributed by atoms with Crippen molar-refractivity contribution in [2.24, 2.45) is 0 Å². The van der Waals surface area contributed by atoms with E-state index in [2.05, 4.69) is 0 Å². The van der Waals surface area contributed by atoms with Gasteiger partial charge in [0.25, 0.3) is 0 Å². The van der Waals surface area contributed by atoms with E-state index in [1.165, 1.54) is 7.11 Å². The Hall–Kier alpha value is -1.48. The summed E-state index contributed by atoms with van der Waals surface area (Å²) >= 11 is 0. The van der Waals surface area contributed by atoms with Crippen LogP contribution in [-0.2, 0) is 32.6 Å². The molecule has 0 bridgehead atoms. The Labute approximate surface area is 142 Å². The van der Waals surface area contributed by atoms with Gasteiger partial charge in [-0.2, -0.15) is 0 Å². The van der Waals surface area contributed by atoms with E-state index in [4.69, 9.17) is 14.2 Å². The van der Waals surface area contributed by atoms with Gasteiger partial charge in [0.15, 0.2) is 11.5 Å². The molecule has 0 heterocycles. The molecule has 0 aromatic heterocycles. The maximum atomic E-state index is 10.0. The van der Waals surface area contributed by atoms with E-state index in [9.17, 15) is 5.11 Å². The zero-order valence-corrected chi connectivity index (χ0v) is 14.6. The van der Waals surface area contributed by atoms with Crippen LogP contribution in [0.1, 0.15) is 11.1 Å². The van der Waals surface area contributed by atoms with Crippen LogP contribution in [0.5, 0.6) is 23.0 Å². The van der Waals surface area contributed by atoms with Crippen molar-refractivity contribution in [1.29, 1.82) is 0 Å². The molecule has 108 valence electrons. The van der Waals surface area contributed by atoms with E-state index < -0.39 is 0 Å². The van der Waals surface area contributed by atoms with E-state index in [-0.39, 0.29) is 32.0 Å². The molecule has 0 spiro atoms. The predicted octanol–water partition coefficient (Wildman–Crippen LogP) is 2.99. The minimum Gasteiger partial charge on any atom is -0.504 e. The van der Waals surface area contributed by atoms with E-state index in [1.807, 2.05) is 18.2 Å². The number of methoxy groups -OCH3 is 3. The Balaban J connectivity index is 0.00000161. The van der Waals surface area contributed by atoms with Crippen molar-refractivity contribution in [3.05, 3.63) is 35.4 Å². The van der Waals surface area contributed by atoms with Crippen molar-refractivity contribution in [1.82, 2.24) is 0 Å². The van der Waals surface area contributed by atoms with Crippen molar-refractivity contribution in [3.8, 4) is 34.1 Å². The Morgan fingerprint density at radius 3 is 2.24 bits per heavy atom. The van der Waals surface area contributed by atoms with Crippen LogP contribution in [0.2, 0.25) is 0 Å². The van der Waals surface area contributed by atoms with Gasteiger partial charge >= 0.3 is 0 Å². The summed E-state index contributed by atoms with van der Waals surface area (Å²) < 4.78 is 16.0. The van der Waals surface area contributed by atoms with Gasteiger partial charge in [0.1, 0.15) is 5.75 Å². The van der Waals surface area contributed by atoms with Crippen LogP contribution in [0.4, 0.5) is 0 Å². The first-order chi connectivity index (χ1) is 9.69. The maximum absolute atomic E-state index is 10.0. The fourth-order valence-electron chi connectivity index (χ4n) is 2.80. The molecule has 3 rings (SSSR count). The van der Waals surface area contributed by atoms with Crippen LogP contribution in [-0.4, -0.2) is 26.4 Å². The summed E-state index contributed by atoms with van der Waals surface area (Å²) in [6.45, 7) is 0. The Bertz CT molecular complexity index is 682. The maximum Gasteiger partial charge on any atom is 0.203 e. The van der Waals surface area contributed by atoms with Gasteiger partial charge in [-0.1, -0.05) is 6.07 Å². The zero-order valence-electron chi connectivity index (χ0n) is 12.2. The summed E-state index contributed by atoms with van der Waals surface area (Å²) in [7, 11) is 4.76. The fraction of sp³-hybridized carbons (Fsp3) is 0.250. The summed E-state index contributed by atoms with van der Waals surface area (Å²) in [4.78, 5) is 0. The third-order valence-corrected chi connectivity index (χ3v) is 3.67. The Kier molecular flexibility index (Phi) is 4.62. The molecule has 2 aromatic carbocycles. The third kappa shape index (κ3) is 2.44. The zero-order chi connectivity index (χ0) is 14.3. The SMILES string of the molecule is COc1ccc2c(c1)Cc1cc(O)c(OC)c(OC)c1-2.[Zr]. The number of hydrogen-bond acceptors (Lipinski definition) is 4. The first-order valence-corrected chi connectivity index (χ1v) is 6.33. The van der Waals surface area contributed by atoms with Crippen molar-refractivity contribution in [2.45, 2.75) is 6.42 Å². The molecular formula is C16H16O4Zr. The van der Waals surface area contributed by atoms with E-state index in [1.54, 1.807) is 20.3 Å². The summed E-state index contributed by atoms with van der Waals surface area (Å²) in [5.41, 5.74) is 4.27. The van der Waals surface area contributed by atoms with Gasteiger partial charge in [0, 0.05) is 31.8 Å². The molecule has 0 fully saturated rings. The van der Waals surface area contributed by atoms with Crippen molar-refractivity contribution >= 4 is 0 Å². The Morgan fingerprint density at radius 1 is 0.905 bits per heavy atom. The largest absolute Gasteiger partial charge is 0.504 e. The average Bonchev–Trinajstić information content (AvgIpc) is 2.82. The molecule has 5 heteroatoms. The average molecular weight is 364 g/mol. The summed E-state index contributed by atoms with van der Waals surface area (Å²) in [6, 6.07) is 7.69. The number of rotatable bonds is 3. The fourth-order valence-corrected chi connectivity index (χ4v) is 2.80. The molecule has 0 unspecified atom stereocenters. The second-order valence-electron chi connectivity index (χ2n) is 4.70. The quantitative estimate of drug-likeness (QED) is 0.777. The first kappa shape index (κ1) is 15.9. The predicted molar refractivity (Wildman–Crippen MR) is 76.0 cm³/mol. The van der Waals surface area contributed by atoms with Crippen LogP contribution in [0.15, 0.2) is 24.3 Å². The molecular weight excluding hydrogens is 347 g/mol.